The van der Waals surface area contributed by atoms with Crippen LogP contribution in [0, 0.1) is 0 Å². The number of furan rings is 1. The summed E-state index contributed by atoms with van der Waals surface area (Å²) < 4.78 is 5.48. The average Bonchev–Trinajstić information content (AvgIpc) is 3.05. The largest absolute Gasteiger partial charge is 0.456 e. The van der Waals surface area contributed by atoms with Crippen LogP contribution in [0.5, 0.6) is 0 Å². The van der Waals surface area contributed by atoms with Crippen molar-refractivity contribution in [3.63, 3.8) is 0 Å². The topological polar surface area (TPSA) is 68.3 Å². The quantitative estimate of drug-likeness (QED) is 0.843. The second-order valence-corrected chi connectivity index (χ2v) is 5.14. The van der Waals surface area contributed by atoms with Gasteiger partial charge in [0.1, 0.15) is 5.76 Å². The lowest BCUT2D eigenvalue weighted by molar-refractivity contribution is 0.0907. The minimum absolute atomic E-state index is 0.0493. The molecule has 0 fully saturated rings. The summed E-state index contributed by atoms with van der Waals surface area (Å²) in [5.74, 6) is 1.06. The zero-order chi connectivity index (χ0) is 14.1. The van der Waals surface area contributed by atoms with Gasteiger partial charge in [0.05, 0.1) is 6.04 Å². The van der Waals surface area contributed by atoms with E-state index in [2.05, 4.69) is 5.32 Å². The summed E-state index contributed by atoms with van der Waals surface area (Å²) in [7, 11) is 0. The van der Waals surface area contributed by atoms with Gasteiger partial charge >= 0.3 is 0 Å². The Morgan fingerprint density at radius 1 is 1.40 bits per heavy atom. The normalized spacial score (nSPS) is 16.9. The van der Waals surface area contributed by atoms with Gasteiger partial charge in [-0.25, -0.2) is 0 Å². The molecule has 20 heavy (non-hydrogen) atoms. The molecule has 4 nitrogen and oxygen atoms in total. The summed E-state index contributed by atoms with van der Waals surface area (Å²) >= 11 is 0. The van der Waals surface area contributed by atoms with E-state index in [1.54, 1.807) is 6.07 Å². The van der Waals surface area contributed by atoms with Crippen molar-refractivity contribution in [2.24, 2.45) is 0 Å². The Hall–Kier alpha value is -2.23. The highest BCUT2D eigenvalue weighted by molar-refractivity contribution is 5.91. The fraction of sp³-hybridized carbons (Fsp3) is 0.312. The monoisotopic (exact) mass is 270 g/mol. The fourth-order valence-corrected chi connectivity index (χ4v) is 2.71. The lowest BCUT2D eigenvalue weighted by atomic mass is 10.1. The number of anilines is 1. The third-order valence-corrected chi connectivity index (χ3v) is 3.78. The number of nitrogen functional groups attached to an aromatic ring is 1. The summed E-state index contributed by atoms with van der Waals surface area (Å²) in [6, 6.07) is 9.50. The molecule has 0 saturated carbocycles. The first kappa shape index (κ1) is 12.8. The Balaban J connectivity index is 1.75. The molecular formula is C16H18N2O2. The molecule has 0 radical (unpaired) electrons. The van der Waals surface area contributed by atoms with Crippen molar-refractivity contribution in [3.8, 4) is 0 Å². The van der Waals surface area contributed by atoms with Crippen LogP contribution >= 0.6 is 0 Å². The number of carbonyl (C=O) groups is 1. The molecule has 2 aromatic rings. The molecule has 1 amide bonds. The minimum atomic E-state index is -0.153. The van der Waals surface area contributed by atoms with E-state index in [0.29, 0.717) is 5.76 Å². The second-order valence-electron chi connectivity index (χ2n) is 5.14. The van der Waals surface area contributed by atoms with Crippen molar-refractivity contribution in [3.05, 3.63) is 53.0 Å². The summed E-state index contributed by atoms with van der Waals surface area (Å²) in [5.41, 5.74) is 8.94. The maximum absolute atomic E-state index is 12.2. The number of nitrogens with two attached hydrogens (primary N) is 1. The van der Waals surface area contributed by atoms with Crippen LogP contribution in [0.4, 0.5) is 5.69 Å². The van der Waals surface area contributed by atoms with Crippen molar-refractivity contribution in [1.29, 1.82) is 0 Å². The first-order valence-corrected chi connectivity index (χ1v) is 6.95. The van der Waals surface area contributed by atoms with Crippen LogP contribution in [-0.4, -0.2) is 5.91 Å². The van der Waals surface area contributed by atoms with Gasteiger partial charge in [0, 0.05) is 12.1 Å². The summed E-state index contributed by atoms with van der Waals surface area (Å²) in [6.07, 6.45) is 2.65. The molecule has 3 rings (SSSR count). The summed E-state index contributed by atoms with van der Waals surface area (Å²) in [6.45, 7) is 2.00. The van der Waals surface area contributed by atoms with Crippen LogP contribution in [0.1, 0.15) is 46.8 Å². The highest BCUT2D eigenvalue weighted by Crippen LogP contribution is 2.32. The number of rotatable bonds is 3. The minimum Gasteiger partial charge on any atom is -0.456 e. The lowest BCUT2D eigenvalue weighted by Gasteiger charge is -2.13. The first-order valence-electron chi connectivity index (χ1n) is 6.95. The Labute approximate surface area is 118 Å². The number of carbonyl (C=O) groups excluding carboxylic acids is 1. The van der Waals surface area contributed by atoms with Crippen LogP contribution in [0.25, 0.3) is 0 Å². The molecule has 0 spiro atoms. The molecule has 0 bridgehead atoms. The predicted molar refractivity (Wildman–Crippen MR) is 77.5 cm³/mol. The highest BCUT2D eigenvalue weighted by Gasteiger charge is 2.25. The molecule has 0 aliphatic heterocycles. The van der Waals surface area contributed by atoms with Gasteiger partial charge in [0.25, 0.3) is 5.91 Å². The van der Waals surface area contributed by atoms with Crippen molar-refractivity contribution in [2.75, 3.05) is 5.73 Å². The molecule has 1 unspecified atom stereocenters. The molecule has 1 aromatic heterocycles. The van der Waals surface area contributed by atoms with E-state index in [9.17, 15) is 4.79 Å². The SMILES string of the molecule is CCc1ccc(C(=O)NC2CCc3cc(N)ccc32)o1. The van der Waals surface area contributed by atoms with E-state index >= 15 is 0 Å². The fourth-order valence-electron chi connectivity index (χ4n) is 2.71. The van der Waals surface area contributed by atoms with Crippen molar-refractivity contribution < 1.29 is 9.21 Å². The molecule has 1 atom stereocenters. The third-order valence-electron chi connectivity index (χ3n) is 3.78. The van der Waals surface area contributed by atoms with Gasteiger partial charge in [-0.05, 0) is 48.2 Å². The molecule has 3 N–H and O–H groups in total. The van der Waals surface area contributed by atoms with Crippen molar-refractivity contribution in [2.45, 2.75) is 32.2 Å². The molecule has 1 heterocycles. The standard InChI is InChI=1S/C16H18N2O2/c1-2-12-5-8-15(20-12)16(19)18-14-7-3-10-9-11(17)4-6-13(10)14/h4-6,8-9,14H,2-3,7,17H2,1H3,(H,18,19). The molecule has 1 aliphatic rings. The van der Waals surface area contributed by atoms with Crippen LogP contribution in [0.3, 0.4) is 0 Å². The summed E-state index contributed by atoms with van der Waals surface area (Å²) in [4.78, 5) is 12.2. The predicted octanol–water partition coefficient (Wildman–Crippen LogP) is 2.84. The van der Waals surface area contributed by atoms with E-state index in [4.69, 9.17) is 10.2 Å². The van der Waals surface area contributed by atoms with Crippen LogP contribution in [-0.2, 0) is 12.8 Å². The molecule has 1 aromatic carbocycles. The van der Waals surface area contributed by atoms with Gasteiger partial charge in [0.2, 0.25) is 0 Å². The number of benzene rings is 1. The van der Waals surface area contributed by atoms with Crippen LogP contribution < -0.4 is 11.1 Å². The molecule has 0 saturated heterocycles. The van der Waals surface area contributed by atoms with Gasteiger partial charge in [-0.15, -0.1) is 0 Å². The Morgan fingerprint density at radius 3 is 3.00 bits per heavy atom. The molecular weight excluding hydrogens is 252 g/mol. The average molecular weight is 270 g/mol. The Morgan fingerprint density at radius 2 is 2.25 bits per heavy atom. The smallest absolute Gasteiger partial charge is 0.287 e. The van der Waals surface area contributed by atoms with E-state index in [0.717, 1.165) is 36.3 Å². The van der Waals surface area contributed by atoms with Crippen molar-refractivity contribution >= 4 is 11.6 Å². The van der Waals surface area contributed by atoms with Crippen LogP contribution in [0.15, 0.2) is 34.7 Å². The van der Waals surface area contributed by atoms with Gasteiger partial charge in [-0.2, -0.15) is 0 Å². The third kappa shape index (κ3) is 2.29. The zero-order valence-electron chi connectivity index (χ0n) is 11.5. The van der Waals surface area contributed by atoms with E-state index < -0.39 is 0 Å². The number of nitrogens with one attached hydrogen (secondary N) is 1. The van der Waals surface area contributed by atoms with Crippen LogP contribution in [0.2, 0.25) is 0 Å². The number of amides is 1. The van der Waals surface area contributed by atoms with Gasteiger partial charge in [-0.1, -0.05) is 13.0 Å². The maximum atomic E-state index is 12.2. The van der Waals surface area contributed by atoms with E-state index in [1.807, 2.05) is 31.2 Å². The van der Waals surface area contributed by atoms with Crippen molar-refractivity contribution in [1.82, 2.24) is 5.32 Å². The highest BCUT2D eigenvalue weighted by atomic mass is 16.3. The van der Waals surface area contributed by atoms with Gasteiger partial charge in [-0.3, -0.25) is 4.79 Å². The molecule has 4 heteroatoms. The molecule has 1 aliphatic carbocycles. The van der Waals surface area contributed by atoms with Gasteiger partial charge < -0.3 is 15.5 Å². The maximum Gasteiger partial charge on any atom is 0.287 e. The zero-order valence-corrected chi connectivity index (χ0v) is 11.5. The second kappa shape index (κ2) is 5.04. The Bertz CT molecular complexity index is 646. The lowest BCUT2D eigenvalue weighted by Crippen LogP contribution is -2.26. The van der Waals surface area contributed by atoms with E-state index in [-0.39, 0.29) is 11.9 Å². The summed E-state index contributed by atoms with van der Waals surface area (Å²) in [5, 5.41) is 3.03. The number of fused-ring (bicyclic) bond motifs is 1. The Kier molecular flexibility index (Phi) is 3.22. The number of hydrogen-bond donors (Lipinski definition) is 2. The first-order chi connectivity index (χ1) is 9.67. The van der Waals surface area contributed by atoms with E-state index in [1.165, 1.54) is 5.56 Å². The van der Waals surface area contributed by atoms with Gasteiger partial charge in [0.15, 0.2) is 5.76 Å². The number of hydrogen-bond acceptors (Lipinski definition) is 3. The number of aryl methyl sites for hydroxylation is 2. The molecule has 104 valence electrons.